The summed E-state index contributed by atoms with van der Waals surface area (Å²) in [6.45, 7) is 6.60. The number of aryl methyl sites for hydroxylation is 2. The number of para-hydroxylation sites is 1. The molecule has 0 atom stereocenters. The fraction of sp³-hybridized carbons (Fsp3) is 0.333. The van der Waals surface area contributed by atoms with E-state index in [-0.39, 0.29) is 11.7 Å². The maximum absolute atomic E-state index is 11.7. The number of aromatic carboxylic acids is 1. The van der Waals surface area contributed by atoms with Crippen LogP contribution < -0.4 is 9.47 Å². The SMILES string of the molecule is CCCc1ccc(OCCCc2nc(-c3ccccc3OC(C)C)ccc2C(=O)O)cc1. The fourth-order valence-electron chi connectivity index (χ4n) is 3.54. The summed E-state index contributed by atoms with van der Waals surface area (Å²) in [5.74, 6) is 0.585. The van der Waals surface area contributed by atoms with Gasteiger partial charge in [-0.15, -0.1) is 0 Å². The average Bonchev–Trinajstić information content (AvgIpc) is 2.78. The van der Waals surface area contributed by atoms with Gasteiger partial charge in [0, 0.05) is 5.56 Å². The predicted octanol–water partition coefficient (Wildman–Crippen LogP) is 6.20. The van der Waals surface area contributed by atoms with Crippen LogP contribution in [0.1, 0.15) is 55.2 Å². The molecule has 5 heteroatoms. The maximum Gasteiger partial charge on any atom is 0.337 e. The van der Waals surface area contributed by atoms with Crippen LogP contribution in [0.5, 0.6) is 11.5 Å². The van der Waals surface area contributed by atoms with E-state index in [9.17, 15) is 9.90 Å². The number of ether oxygens (including phenoxy) is 2. The van der Waals surface area contributed by atoms with E-state index in [1.54, 1.807) is 12.1 Å². The van der Waals surface area contributed by atoms with Crippen molar-refractivity contribution in [3.05, 3.63) is 77.5 Å². The number of hydrogen-bond donors (Lipinski definition) is 1. The minimum atomic E-state index is -0.974. The summed E-state index contributed by atoms with van der Waals surface area (Å²) >= 11 is 0. The number of carboxylic acid groups (broad SMARTS) is 1. The first-order chi connectivity index (χ1) is 15.5. The van der Waals surface area contributed by atoms with Crippen molar-refractivity contribution in [3.63, 3.8) is 0 Å². The highest BCUT2D eigenvalue weighted by molar-refractivity contribution is 5.89. The topological polar surface area (TPSA) is 68.7 Å². The van der Waals surface area contributed by atoms with Gasteiger partial charge in [-0.3, -0.25) is 4.98 Å². The lowest BCUT2D eigenvalue weighted by atomic mass is 10.0. The number of aromatic nitrogens is 1. The van der Waals surface area contributed by atoms with E-state index >= 15 is 0 Å². The molecule has 0 fully saturated rings. The molecule has 32 heavy (non-hydrogen) atoms. The van der Waals surface area contributed by atoms with Gasteiger partial charge in [0.05, 0.1) is 29.7 Å². The van der Waals surface area contributed by atoms with Crippen molar-refractivity contribution in [2.45, 2.75) is 52.6 Å². The second-order valence-corrected chi connectivity index (χ2v) is 8.00. The van der Waals surface area contributed by atoms with Gasteiger partial charge in [0.25, 0.3) is 0 Å². The lowest BCUT2D eigenvalue weighted by molar-refractivity contribution is 0.0695. The van der Waals surface area contributed by atoms with Crippen LogP contribution in [0.3, 0.4) is 0 Å². The van der Waals surface area contributed by atoms with Gasteiger partial charge in [-0.05, 0) is 75.1 Å². The molecule has 1 aromatic heterocycles. The largest absolute Gasteiger partial charge is 0.494 e. The summed E-state index contributed by atoms with van der Waals surface area (Å²) in [6, 6.07) is 19.2. The van der Waals surface area contributed by atoms with Gasteiger partial charge < -0.3 is 14.6 Å². The van der Waals surface area contributed by atoms with Crippen LogP contribution in [-0.4, -0.2) is 28.8 Å². The summed E-state index contributed by atoms with van der Waals surface area (Å²) in [7, 11) is 0. The Bertz CT molecular complexity index is 1030. The first-order valence-electron chi connectivity index (χ1n) is 11.2. The highest BCUT2D eigenvalue weighted by atomic mass is 16.5. The number of rotatable bonds is 11. The van der Waals surface area contributed by atoms with Crippen LogP contribution in [0.4, 0.5) is 0 Å². The van der Waals surface area contributed by atoms with Crippen molar-refractivity contribution >= 4 is 5.97 Å². The van der Waals surface area contributed by atoms with E-state index in [1.165, 1.54) is 5.56 Å². The third-order valence-electron chi connectivity index (χ3n) is 5.02. The molecule has 1 N–H and O–H groups in total. The van der Waals surface area contributed by atoms with E-state index in [0.29, 0.717) is 30.8 Å². The first kappa shape index (κ1) is 23.3. The summed E-state index contributed by atoms with van der Waals surface area (Å²) in [4.78, 5) is 16.4. The van der Waals surface area contributed by atoms with E-state index in [2.05, 4.69) is 19.1 Å². The Morgan fingerprint density at radius 2 is 1.75 bits per heavy atom. The Morgan fingerprint density at radius 1 is 1.00 bits per heavy atom. The molecule has 0 bridgehead atoms. The van der Waals surface area contributed by atoms with Crippen LogP contribution in [-0.2, 0) is 12.8 Å². The molecule has 168 valence electrons. The van der Waals surface area contributed by atoms with Gasteiger partial charge in [0.2, 0.25) is 0 Å². The Balaban J connectivity index is 1.71. The zero-order chi connectivity index (χ0) is 22.9. The molecular formula is C27H31NO4. The van der Waals surface area contributed by atoms with Gasteiger partial charge in [-0.1, -0.05) is 37.6 Å². The van der Waals surface area contributed by atoms with Crippen LogP contribution in [0, 0.1) is 0 Å². The molecule has 0 unspecified atom stereocenters. The van der Waals surface area contributed by atoms with E-state index in [4.69, 9.17) is 14.5 Å². The Morgan fingerprint density at radius 3 is 2.44 bits per heavy atom. The number of benzene rings is 2. The summed E-state index contributed by atoms with van der Waals surface area (Å²) < 4.78 is 11.8. The Hall–Kier alpha value is -3.34. The van der Waals surface area contributed by atoms with Crippen LogP contribution in [0.2, 0.25) is 0 Å². The normalized spacial score (nSPS) is 10.9. The van der Waals surface area contributed by atoms with Gasteiger partial charge in [0.1, 0.15) is 11.5 Å². The molecule has 0 aliphatic heterocycles. The van der Waals surface area contributed by atoms with E-state index < -0.39 is 5.97 Å². The van der Waals surface area contributed by atoms with Crippen LogP contribution in [0.15, 0.2) is 60.7 Å². The third-order valence-corrected chi connectivity index (χ3v) is 5.02. The highest BCUT2D eigenvalue weighted by Gasteiger charge is 2.15. The van der Waals surface area contributed by atoms with Crippen molar-refractivity contribution in [1.29, 1.82) is 0 Å². The second kappa shape index (κ2) is 11.3. The fourth-order valence-corrected chi connectivity index (χ4v) is 3.54. The van der Waals surface area contributed by atoms with Crippen molar-refractivity contribution in [2.24, 2.45) is 0 Å². The van der Waals surface area contributed by atoms with Crippen LogP contribution >= 0.6 is 0 Å². The second-order valence-electron chi connectivity index (χ2n) is 8.00. The molecular weight excluding hydrogens is 402 g/mol. The molecule has 2 aromatic carbocycles. The summed E-state index contributed by atoms with van der Waals surface area (Å²) in [5.41, 5.74) is 3.63. The number of carbonyl (C=O) groups is 1. The molecule has 3 rings (SSSR count). The van der Waals surface area contributed by atoms with Gasteiger partial charge in [0.15, 0.2) is 0 Å². The van der Waals surface area contributed by atoms with Crippen molar-refractivity contribution in [3.8, 4) is 22.8 Å². The lowest BCUT2D eigenvalue weighted by Crippen LogP contribution is -2.09. The molecule has 0 aliphatic rings. The summed E-state index contributed by atoms with van der Waals surface area (Å²) in [6.07, 6.45) is 3.38. The standard InChI is InChI=1S/C27H31NO4/c1-4-8-20-12-14-21(15-13-20)31-18-7-10-24-23(27(29)30)16-17-25(28-24)22-9-5-6-11-26(22)32-19(2)3/h5-6,9,11-17,19H,4,7-8,10,18H2,1-3H3,(H,29,30). The minimum absolute atomic E-state index is 0.0297. The smallest absolute Gasteiger partial charge is 0.337 e. The van der Waals surface area contributed by atoms with Crippen molar-refractivity contribution in [1.82, 2.24) is 4.98 Å². The number of carboxylic acids is 1. The third kappa shape index (κ3) is 6.33. The molecule has 0 amide bonds. The molecule has 0 aliphatic carbocycles. The Kier molecular flexibility index (Phi) is 8.26. The maximum atomic E-state index is 11.7. The van der Waals surface area contributed by atoms with E-state index in [0.717, 1.165) is 29.9 Å². The molecule has 3 aromatic rings. The molecule has 1 heterocycles. The lowest BCUT2D eigenvalue weighted by Gasteiger charge is -2.15. The monoisotopic (exact) mass is 433 g/mol. The first-order valence-corrected chi connectivity index (χ1v) is 11.2. The van der Waals surface area contributed by atoms with Crippen molar-refractivity contribution < 1.29 is 19.4 Å². The van der Waals surface area contributed by atoms with Crippen LogP contribution in [0.25, 0.3) is 11.3 Å². The van der Waals surface area contributed by atoms with Gasteiger partial charge in [-0.25, -0.2) is 4.79 Å². The Labute approximate surface area is 190 Å². The molecule has 0 radical (unpaired) electrons. The zero-order valence-corrected chi connectivity index (χ0v) is 19.0. The molecule has 5 nitrogen and oxygen atoms in total. The predicted molar refractivity (Wildman–Crippen MR) is 127 cm³/mol. The minimum Gasteiger partial charge on any atom is -0.494 e. The number of hydrogen-bond acceptors (Lipinski definition) is 4. The molecule has 0 saturated heterocycles. The number of pyridine rings is 1. The zero-order valence-electron chi connectivity index (χ0n) is 19.0. The highest BCUT2D eigenvalue weighted by Crippen LogP contribution is 2.30. The molecule has 0 spiro atoms. The van der Waals surface area contributed by atoms with E-state index in [1.807, 2.05) is 50.2 Å². The average molecular weight is 434 g/mol. The van der Waals surface area contributed by atoms with Crippen molar-refractivity contribution in [2.75, 3.05) is 6.61 Å². The summed E-state index contributed by atoms with van der Waals surface area (Å²) in [5, 5.41) is 9.61. The number of nitrogens with zero attached hydrogens (tertiary/aromatic N) is 1. The van der Waals surface area contributed by atoms with Gasteiger partial charge in [-0.2, -0.15) is 0 Å². The molecule has 0 saturated carbocycles. The quantitative estimate of drug-likeness (QED) is 0.365. The van der Waals surface area contributed by atoms with Gasteiger partial charge >= 0.3 is 5.97 Å².